The molecule has 0 aliphatic heterocycles. The molecule has 3 aromatic rings. The summed E-state index contributed by atoms with van der Waals surface area (Å²) in [5.41, 5.74) is 2.45. The number of phenols is 2. The Bertz CT molecular complexity index is 1280. The van der Waals surface area contributed by atoms with Crippen molar-refractivity contribution in [2.75, 3.05) is 13.2 Å². The van der Waals surface area contributed by atoms with E-state index >= 15 is 0 Å². The highest BCUT2D eigenvalue weighted by Gasteiger charge is 2.09. The number of hydrogen-bond donors (Lipinski definition) is 2. The zero-order chi connectivity index (χ0) is 35.5. The van der Waals surface area contributed by atoms with E-state index in [1.54, 1.807) is 24.6 Å². The molecule has 0 bridgehead atoms. The molecule has 0 radical (unpaired) electrons. The van der Waals surface area contributed by atoms with E-state index in [4.69, 9.17) is 9.47 Å². The van der Waals surface area contributed by atoms with E-state index in [0.29, 0.717) is 47.2 Å². The molecule has 0 amide bonds. The molecule has 6 nitrogen and oxygen atoms in total. The van der Waals surface area contributed by atoms with E-state index in [-0.39, 0.29) is 11.5 Å². The van der Waals surface area contributed by atoms with Crippen molar-refractivity contribution in [3.63, 3.8) is 0 Å². The number of phenolic OH excluding ortho intramolecular Hbond substituents is 2. The second-order valence-electron chi connectivity index (χ2n) is 13.5. The first-order chi connectivity index (χ1) is 24.6. The summed E-state index contributed by atoms with van der Waals surface area (Å²) >= 11 is 0. The van der Waals surface area contributed by atoms with Crippen molar-refractivity contribution in [1.82, 2.24) is 0 Å². The van der Waals surface area contributed by atoms with E-state index in [2.05, 4.69) is 23.8 Å². The molecule has 0 saturated carbocycles. The highest BCUT2D eigenvalue weighted by molar-refractivity contribution is 5.90. The molecular weight excluding hydrogens is 620 g/mol. The van der Waals surface area contributed by atoms with Gasteiger partial charge in [0.2, 0.25) is 0 Å². The van der Waals surface area contributed by atoms with Crippen molar-refractivity contribution < 1.29 is 19.7 Å². The number of aliphatic imine (C=N–C) groups is 2. The lowest BCUT2D eigenvalue weighted by atomic mass is 10.1. The number of hydrogen-bond acceptors (Lipinski definition) is 6. The van der Waals surface area contributed by atoms with Gasteiger partial charge in [0.1, 0.15) is 0 Å². The molecule has 0 aliphatic carbocycles. The molecule has 0 saturated heterocycles. The van der Waals surface area contributed by atoms with Crippen LogP contribution in [0, 0.1) is 0 Å². The van der Waals surface area contributed by atoms with Gasteiger partial charge in [-0.15, -0.1) is 0 Å². The first kappa shape index (κ1) is 40.6. The van der Waals surface area contributed by atoms with Gasteiger partial charge in [0.25, 0.3) is 0 Å². The van der Waals surface area contributed by atoms with Crippen LogP contribution >= 0.6 is 0 Å². The summed E-state index contributed by atoms with van der Waals surface area (Å²) in [5.74, 6) is 1.12. The maximum atomic E-state index is 10.9. The Labute approximate surface area is 303 Å². The number of aromatic hydroxyl groups is 2. The molecule has 0 aromatic heterocycles. The van der Waals surface area contributed by atoms with Gasteiger partial charge in [-0.05, 0) is 49.2 Å². The van der Waals surface area contributed by atoms with Crippen LogP contribution in [0.3, 0.4) is 0 Å². The zero-order valence-electron chi connectivity index (χ0n) is 31.1. The normalized spacial score (nSPS) is 11.6. The average Bonchev–Trinajstić information content (AvgIpc) is 3.13. The molecule has 50 heavy (non-hydrogen) atoms. The van der Waals surface area contributed by atoms with Gasteiger partial charge in [0.05, 0.1) is 24.6 Å². The van der Waals surface area contributed by atoms with Gasteiger partial charge in [0, 0.05) is 23.6 Å². The van der Waals surface area contributed by atoms with Crippen molar-refractivity contribution in [2.24, 2.45) is 9.98 Å². The van der Waals surface area contributed by atoms with Crippen LogP contribution in [0.1, 0.15) is 153 Å². The fourth-order valence-electron chi connectivity index (χ4n) is 6.02. The summed E-state index contributed by atoms with van der Waals surface area (Å²) in [7, 11) is 0. The number of rotatable bonds is 28. The molecule has 274 valence electrons. The molecule has 0 spiro atoms. The second kappa shape index (κ2) is 26.1. The summed E-state index contributed by atoms with van der Waals surface area (Å²) in [6, 6.07) is 18.5. The highest BCUT2D eigenvalue weighted by atomic mass is 16.5. The predicted octanol–water partition coefficient (Wildman–Crippen LogP) is 13.2. The van der Waals surface area contributed by atoms with Crippen molar-refractivity contribution in [3.8, 4) is 23.0 Å². The van der Waals surface area contributed by atoms with Gasteiger partial charge in [-0.2, -0.15) is 0 Å². The Balaban J connectivity index is 1.45. The maximum Gasteiger partial charge on any atom is 0.166 e. The minimum Gasteiger partial charge on any atom is -0.504 e. The van der Waals surface area contributed by atoms with E-state index in [0.717, 1.165) is 25.7 Å². The van der Waals surface area contributed by atoms with Crippen molar-refractivity contribution in [1.29, 1.82) is 0 Å². The average molecular weight is 685 g/mol. The van der Waals surface area contributed by atoms with Crippen molar-refractivity contribution >= 4 is 23.8 Å². The fourth-order valence-corrected chi connectivity index (χ4v) is 6.02. The molecule has 0 heterocycles. The van der Waals surface area contributed by atoms with Gasteiger partial charge in [-0.25, -0.2) is 0 Å². The van der Waals surface area contributed by atoms with Crippen LogP contribution in [0.25, 0.3) is 0 Å². The molecule has 0 unspecified atom stereocenters. The summed E-state index contributed by atoms with van der Waals surface area (Å²) in [4.78, 5) is 9.29. The third kappa shape index (κ3) is 16.3. The SMILES string of the molecule is CCCCCCCCCCCCOc1cccc(C=Nc2ccccc2N=Cc2cccc(OCCCCCCCCCCCC)c2O)c1O. The monoisotopic (exact) mass is 684 g/mol. The maximum absolute atomic E-state index is 10.9. The third-order valence-electron chi connectivity index (χ3n) is 9.14. The molecule has 6 heteroatoms. The zero-order valence-corrected chi connectivity index (χ0v) is 31.1. The Morgan fingerprint density at radius 2 is 0.780 bits per heavy atom. The Hall–Kier alpha value is -3.80. The lowest BCUT2D eigenvalue weighted by molar-refractivity contribution is 0.288. The molecule has 0 fully saturated rings. The Morgan fingerprint density at radius 3 is 1.14 bits per heavy atom. The lowest BCUT2D eigenvalue weighted by Crippen LogP contribution is -1.98. The molecule has 3 aromatic carbocycles. The molecule has 0 aliphatic rings. The largest absolute Gasteiger partial charge is 0.504 e. The predicted molar refractivity (Wildman–Crippen MR) is 212 cm³/mol. The van der Waals surface area contributed by atoms with E-state index in [9.17, 15) is 10.2 Å². The van der Waals surface area contributed by atoms with Crippen LogP contribution in [0.5, 0.6) is 23.0 Å². The number of unbranched alkanes of at least 4 members (excludes halogenated alkanes) is 18. The van der Waals surface area contributed by atoms with Gasteiger partial charge >= 0.3 is 0 Å². The topological polar surface area (TPSA) is 83.6 Å². The van der Waals surface area contributed by atoms with Crippen LogP contribution in [0.15, 0.2) is 70.6 Å². The molecule has 2 N–H and O–H groups in total. The highest BCUT2D eigenvalue weighted by Crippen LogP contribution is 2.33. The number of benzene rings is 3. The smallest absolute Gasteiger partial charge is 0.166 e. The minimum absolute atomic E-state index is 0.0869. The summed E-state index contributed by atoms with van der Waals surface area (Å²) < 4.78 is 11.9. The summed E-state index contributed by atoms with van der Waals surface area (Å²) in [6.45, 7) is 5.68. The van der Waals surface area contributed by atoms with Crippen molar-refractivity contribution in [3.05, 3.63) is 71.8 Å². The van der Waals surface area contributed by atoms with Crippen LogP contribution in [-0.2, 0) is 0 Å². The van der Waals surface area contributed by atoms with Crippen LogP contribution < -0.4 is 9.47 Å². The quantitative estimate of drug-likeness (QED) is 0.0589. The second-order valence-corrected chi connectivity index (χ2v) is 13.5. The van der Waals surface area contributed by atoms with Gasteiger partial charge < -0.3 is 19.7 Å². The Kier molecular flexibility index (Phi) is 21.2. The first-order valence-electron chi connectivity index (χ1n) is 19.7. The number of para-hydroxylation sites is 4. The fraction of sp³-hybridized carbons (Fsp3) is 0.545. The first-order valence-corrected chi connectivity index (χ1v) is 19.7. The van der Waals surface area contributed by atoms with Gasteiger partial charge in [-0.3, -0.25) is 9.98 Å². The number of nitrogens with zero attached hydrogens (tertiary/aromatic N) is 2. The van der Waals surface area contributed by atoms with Crippen LogP contribution in [0.2, 0.25) is 0 Å². The Morgan fingerprint density at radius 1 is 0.440 bits per heavy atom. The van der Waals surface area contributed by atoms with Crippen LogP contribution in [-0.4, -0.2) is 35.9 Å². The van der Waals surface area contributed by atoms with E-state index in [1.165, 1.54) is 103 Å². The van der Waals surface area contributed by atoms with E-state index in [1.807, 2.05) is 48.5 Å². The summed E-state index contributed by atoms with van der Waals surface area (Å²) in [5, 5.41) is 21.8. The molecule has 0 atom stereocenters. The standard InChI is InChI=1S/C44H64N2O4/c1-3-5-7-9-11-13-15-17-19-23-33-49-41-31-25-27-37(43(41)47)35-45-39-29-21-22-30-40(39)46-36-38-28-26-32-42(44(38)48)50-34-24-20-18-16-14-12-10-8-6-4-2/h21-22,25-32,35-36,47-48H,3-20,23-24,33-34H2,1-2H3. The molecule has 3 rings (SSSR count). The lowest BCUT2D eigenvalue weighted by Gasteiger charge is -2.10. The van der Waals surface area contributed by atoms with E-state index < -0.39 is 0 Å². The minimum atomic E-state index is 0.0869. The molecular formula is C44H64N2O4. The third-order valence-corrected chi connectivity index (χ3v) is 9.14. The van der Waals surface area contributed by atoms with Crippen LogP contribution in [0.4, 0.5) is 11.4 Å². The van der Waals surface area contributed by atoms with Crippen molar-refractivity contribution in [2.45, 2.75) is 142 Å². The summed E-state index contributed by atoms with van der Waals surface area (Å²) in [6.07, 6.45) is 28.7. The van der Waals surface area contributed by atoms with Gasteiger partial charge in [-0.1, -0.05) is 154 Å². The number of ether oxygens (including phenoxy) is 2. The van der Waals surface area contributed by atoms with Gasteiger partial charge in [0.15, 0.2) is 23.0 Å².